The number of benzene rings is 1. The second kappa shape index (κ2) is 6.29. The van der Waals surface area contributed by atoms with Crippen molar-refractivity contribution in [2.24, 2.45) is 5.73 Å². The molecular weight excluding hydrogens is 297 g/mol. The van der Waals surface area contributed by atoms with Crippen LogP contribution in [0, 0.1) is 5.82 Å². The second-order valence-electron chi connectivity index (χ2n) is 4.33. The van der Waals surface area contributed by atoms with Crippen molar-refractivity contribution in [2.75, 3.05) is 0 Å². The molecule has 1 aromatic carbocycles. The molecular formula is C12H16FN5O2S. The molecule has 0 saturated heterocycles. The highest BCUT2D eigenvalue weighted by Crippen LogP contribution is 2.16. The summed E-state index contributed by atoms with van der Waals surface area (Å²) in [6.07, 6.45) is 1.50. The van der Waals surface area contributed by atoms with Crippen LogP contribution in [0.4, 0.5) is 4.39 Å². The van der Waals surface area contributed by atoms with Gasteiger partial charge in [0.2, 0.25) is 10.0 Å². The minimum absolute atomic E-state index is 0.0670. The number of nitrogens with one attached hydrogen (secondary N) is 1. The molecule has 9 heteroatoms. The molecule has 1 aromatic heterocycles. The molecule has 0 aliphatic heterocycles. The van der Waals surface area contributed by atoms with Gasteiger partial charge in [-0.25, -0.2) is 17.5 Å². The van der Waals surface area contributed by atoms with Crippen LogP contribution in [0.3, 0.4) is 0 Å². The van der Waals surface area contributed by atoms with Crippen LogP contribution in [0.5, 0.6) is 0 Å². The predicted octanol–water partition coefficient (Wildman–Crippen LogP) is 0.374. The fourth-order valence-electron chi connectivity index (χ4n) is 1.80. The SMILES string of the molecule is CCn1cnnc1CNS(=O)(=O)c1cc(CN)ccc1F. The first-order valence-corrected chi connectivity index (χ1v) is 7.81. The van der Waals surface area contributed by atoms with Gasteiger partial charge in [0.15, 0.2) is 0 Å². The van der Waals surface area contributed by atoms with Crippen molar-refractivity contribution >= 4 is 10.0 Å². The molecule has 7 nitrogen and oxygen atoms in total. The number of hydrogen-bond donors (Lipinski definition) is 2. The molecule has 0 atom stereocenters. The Morgan fingerprint density at radius 3 is 2.86 bits per heavy atom. The maximum absolute atomic E-state index is 13.7. The molecule has 114 valence electrons. The van der Waals surface area contributed by atoms with Crippen LogP contribution >= 0.6 is 0 Å². The minimum Gasteiger partial charge on any atom is -0.326 e. The highest BCUT2D eigenvalue weighted by molar-refractivity contribution is 7.89. The van der Waals surface area contributed by atoms with Crippen LogP contribution in [0.25, 0.3) is 0 Å². The molecule has 0 aliphatic carbocycles. The van der Waals surface area contributed by atoms with E-state index in [1.54, 1.807) is 4.57 Å². The Morgan fingerprint density at radius 2 is 2.19 bits per heavy atom. The van der Waals surface area contributed by atoms with Crippen molar-refractivity contribution in [3.63, 3.8) is 0 Å². The zero-order valence-corrected chi connectivity index (χ0v) is 12.3. The van der Waals surface area contributed by atoms with E-state index in [1.807, 2.05) is 6.92 Å². The van der Waals surface area contributed by atoms with E-state index in [4.69, 9.17) is 5.73 Å². The molecule has 2 aromatic rings. The van der Waals surface area contributed by atoms with E-state index in [0.29, 0.717) is 17.9 Å². The van der Waals surface area contributed by atoms with E-state index < -0.39 is 20.7 Å². The predicted molar refractivity (Wildman–Crippen MR) is 74.0 cm³/mol. The molecule has 0 unspecified atom stereocenters. The zero-order chi connectivity index (χ0) is 15.5. The molecule has 1 heterocycles. The number of rotatable bonds is 6. The standard InChI is InChI=1S/C12H16FN5O2S/c1-2-18-8-15-17-12(18)7-16-21(19,20)11-5-9(6-14)3-4-10(11)13/h3-5,8,16H,2,6-7,14H2,1H3. The minimum atomic E-state index is -3.99. The van der Waals surface area contributed by atoms with Gasteiger partial charge in [-0.2, -0.15) is 0 Å². The Morgan fingerprint density at radius 1 is 1.43 bits per heavy atom. The Balaban J connectivity index is 2.23. The highest BCUT2D eigenvalue weighted by Gasteiger charge is 2.20. The van der Waals surface area contributed by atoms with Gasteiger partial charge in [-0.05, 0) is 24.6 Å². The Bertz CT molecular complexity index is 729. The van der Waals surface area contributed by atoms with Crippen molar-refractivity contribution in [1.82, 2.24) is 19.5 Å². The Hall–Kier alpha value is -1.84. The summed E-state index contributed by atoms with van der Waals surface area (Å²) in [5.74, 6) is -0.367. The van der Waals surface area contributed by atoms with Gasteiger partial charge in [0, 0.05) is 13.1 Å². The summed E-state index contributed by atoms with van der Waals surface area (Å²) in [5.41, 5.74) is 5.98. The van der Waals surface area contributed by atoms with Crippen LogP contribution < -0.4 is 10.5 Å². The molecule has 0 amide bonds. The van der Waals surface area contributed by atoms with E-state index in [-0.39, 0.29) is 13.1 Å². The lowest BCUT2D eigenvalue weighted by molar-refractivity contribution is 0.552. The first kappa shape index (κ1) is 15.5. The smallest absolute Gasteiger partial charge is 0.243 e. The molecule has 21 heavy (non-hydrogen) atoms. The van der Waals surface area contributed by atoms with Crippen molar-refractivity contribution in [3.8, 4) is 0 Å². The number of nitrogens with two attached hydrogens (primary N) is 1. The third-order valence-corrected chi connectivity index (χ3v) is 4.39. The third-order valence-electron chi connectivity index (χ3n) is 2.98. The van der Waals surface area contributed by atoms with Gasteiger partial charge in [-0.1, -0.05) is 6.07 Å². The summed E-state index contributed by atoms with van der Waals surface area (Å²) >= 11 is 0. The number of sulfonamides is 1. The van der Waals surface area contributed by atoms with Gasteiger partial charge in [-0.3, -0.25) is 0 Å². The lowest BCUT2D eigenvalue weighted by Gasteiger charge is -2.09. The van der Waals surface area contributed by atoms with Crippen molar-refractivity contribution in [3.05, 3.63) is 41.7 Å². The topological polar surface area (TPSA) is 103 Å². The highest BCUT2D eigenvalue weighted by atomic mass is 32.2. The largest absolute Gasteiger partial charge is 0.326 e. The van der Waals surface area contributed by atoms with Gasteiger partial charge >= 0.3 is 0 Å². The fraction of sp³-hybridized carbons (Fsp3) is 0.333. The lowest BCUT2D eigenvalue weighted by Crippen LogP contribution is -2.26. The first-order valence-electron chi connectivity index (χ1n) is 6.32. The number of nitrogens with zero attached hydrogens (tertiary/aromatic N) is 3. The number of halogens is 1. The summed E-state index contributed by atoms with van der Waals surface area (Å²) in [6.45, 7) is 2.56. The van der Waals surface area contributed by atoms with E-state index in [9.17, 15) is 12.8 Å². The lowest BCUT2D eigenvalue weighted by atomic mass is 10.2. The molecule has 3 N–H and O–H groups in total. The average molecular weight is 313 g/mol. The third kappa shape index (κ3) is 3.43. The Labute approximate surface area is 122 Å². The van der Waals surface area contributed by atoms with Crippen LogP contribution in [0.15, 0.2) is 29.4 Å². The van der Waals surface area contributed by atoms with Gasteiger partial charge in [0.25, 0.3) is 0 Å². The van der Waals surface area contributed by atoms with E-state index in [0.717, 1.165) is 6.07 Å². The quantitative estimate of drug-likeness (QED) is 0.802. The Kier molecular flexibility index (Phi) is 4.66. The summed E-state index contributed by atoms with van der Waals surface area (Å²) in [6, 6.07) is 3.76. The van der Waals surface area contributed by atoms with E-state index in [1.165, 1.54) is 18.5 Å². The molecule has 0 saturated carbocycles. The monoisotopic (exact) mass is 313 g/mol. The van der Waals surface area contributed by atoms with Crippen molar-refractivity contribution in [2.45, 2.75) is 31.5 Å². The molecule has 0 radical (unpaired) electrons. The van der Waals surface area contributed by atoms with E-state index >= 15 is 0 Å². The van der Waals surface area contributed by atoms with Crippen molar-refractivity contribution in [1.29, 1.82) is 0 Å². The number of aromatic nitrogens is 3. The normalized spacial score (nSPS) is 11.8. The van der Waals surface area contributed by atoms with Crippen LogP contribution in [0.1, 0.15) is 18.3 Å². The van der Waals surface area contributed by atoms with Crippen LogP contribution in [0.2, 0.25) is 0 Å². The average Bonchev–Trinajstić information content (AvgIpc) is 2.93. The van der Waals surface area contributed by atoms with E-state index in [2.05, 4.69) is 14.9 Å². The molecule has 0 fully saturated rings. The van der Waals surface area contributed by atoms with Gasteiger partial charge in [0.1, 0.15) is 22.9 Å². The van der Waals surface area contributed by atoms with Crippen molar-refractivity contribution < 1.29 is 12.8 Å². The summed E-state index contributed by atoms with van der Waals surface area (Å²) in [4.78, 5) is -0.423. The molecule has 2 rings (SSSR count). The molecule has 0 bridgehead atoms. The van der Waals surface area contributed by atoms with Gasteiger partial charge < -0.3 is 10.3 Å². The van der Waals surface area contributed by atoms with Gasteiger partial charge in [0.05, 0.1) is 6.54 Å². The van der Waals surface area contributed by atoms with Gasteiger partial charge in [-0.15, -0.1) is 10.2 Å². The summed E-state index contributed by atoms with van der Waals surface area (Å²) in [7, 11) is -3.99. The van der Waals surface area contributed by atoms with Crippen LogP contribution in [-0.2, 0) is 29.7 Å². The first-order chi connectivity index (χ1) is 9.97. The fourth-order valence-corrected chi connectivity index (χ4v) is 2.90. The molecule has 0 aliphatic rings. The number of aryl methyl sites for hydroxylation is 1. The van der Waals surface area contributed by atoms with Crippen LogP contribution in [-0.4, -0.2) is 23.2 Å². The molecule has 0 spiro atoms. The maximum Gasteiger partial charge on any atom is 0.243 e. The number of hydrogen-bond acceptors (Lipinski definition) is 5. The summed E-state index contributed by atoms with van der Waals surface area (Å²) < 4.78 is 42.1. The maximum atomic E-state index is 13.7. The zero-order valence-electron chi connectivity index (χ0n) is 11.5. The second-order valence-corrected chi connectivity index (χ2v) is 6.06. The summed E-state index contributed by atoms with van der Waals surface area (Å²) in [5, 5.41) is 7.51.